The van der Waals surface area contributed by atoms with Crippen molar-refractivity contribution in [3.63, 3.8) is 0 Å². The molecular formula is C18H23N. The van der Waals surface area contributed by atoms with E-state index in [2.05, 4.69) is 63.0 Å². The maximum Gasteiger partial charge on any atom is 0.0644 e. The van der Waals surface area contributed by atoms with Crippen LogP contribution in [-0.4, -0.2) is 11.3 Å². The molecule has 0 aromatic heterocycles. The van der Waals surface area contributed by atoms with Crippen molar-refractivity contribution >= 4 is 5.71 Å². The first-order valence-corrected chi connectivity index (χ1v) is 7.06. The van der Waals surface area contributed by atoms with E-state index in [4.69, 9.17) is 4.99 Å². The summed E-state index contributed by atoms with van der Waals surface area (Å²) in [5, 5.41) is 0. The van der Waals surface area contributed by atoms with E-state index >= 15 is 0 Å². The summed E-state index contributed by atoms with van der Waals surface area (Å²) < 4.78 is 0. The normalized spacial score (nSPS) is 23.4. The smallest absolute Gasteiger partial charge is 0.0644 e. The fourth-order valence-electron chi connectivity index (χ4n) is 2.53. The predicted octanol–water partition coefficient (Wildman–Crippen LogP) is 4.80. The lowest BCUT2D eigenvalue weighted by Crippen LogP contribution is -2.29. The molecule has 0 bridgehead atoms. The number of allylic oxidation sites excluding steroid dienone is 8. The molecule has 0 fully saturated rings. The summed E-state index contributed by atoms with van der Waals surface area (Å²) in [4.78, 5) is 4.97. The van der Waals surface area contributed by atoms with Gasteiger partial charge in [-0.2, -0.15) is 0 Å². The van der Waals surface area contributed by atoms with Crippen molar-refractivity contribution in [3.05, 3.63) is 60.8 Å². The number of hydrogen-bond donors (Lipinski definition) is 0. The van der Waals surface area contributed by atoms with E-state index in [-0.39, 0.29) is 5.54 Å². The van der Waals surface area contributed by atoms with Crippen LogP contribution in [0.25, 0.3) is 0 Å². The summed E-state index contributed by atoms with van der Waals surface area (Å²) in [6, 6.07) is 0. The fourth-order valence-corrected chi connectivity index (χ4v) is 2.53. The Kier molecular flexibility index (Phi) is 4.36. The van der Waals surface area contributed by atoms with Crippen LogP contribution in [-0.2, 0) is 0 Å². The maximum atomic E-state index is 4.97. The van der Waals surface area contributed by atoms with Gasteiger partial charge in [0, 0.05) is 5.92 Å². The van der Waals surface area contributed by atoms with Gasteiger partial charge in [-0.05, 0) is 44.8 Å². The third kappa shape index (κ3) is 3.44. The third-order valence-corrected chi connectivity index (χ3v) is 3.78. The van der Waals surface area contributed by atoms with Crippen molar-refractivity contribution in [1.82, 2.24) is 0 Å². The first-order valence-electron chi connectivity index (χ1n) is 7.06. The Morgan fingerprint density at radius 2 is 2.16 bits per heavy atom. The minimum atomic E-state index is -0.100. The van der Waals surface area contributed by atoms with Gasteiger partial charge in [0.2, 0.25) is 0 Å². The monoisotopic (exact) mass is 253 g/mol. The highest BCUT2D eigenvalue weighted by Gasteiger charge is 2.27. The molecule has 2 aliphatic carbocycles. The average Bonchev–Trinajstić information content (AvgIpc) is 2.47. The van der Waals surface area contributed by atoms with Gasteiger partial charge in [-0.1, -0.05) is 49.1 Å². The molecular weight excluding hydrogens is 230 g/mol. The second-order valence-electron chi connectivity index (χ2n) is 5.65. The largest absolute Gasteiger partial charge is 0.278 e. The van der Waals surface area contributed by atoms with E-state index in [9.17, 15) is 0 Å². The Morgan fingerprint density at radius 1 is 1.32 bits per heavy atom. The molecule has 19 heavy (non-hydrogen) atoms. The fraction of sp³-hybridized carbons (Fsp3) is 0.389. The predicted molar refractivity (Wildman–Crippen MR) is 84.6 cm³/mol. The molecule has 0 aliphatic heterocycles. The van der Waals surface area contributed by atoms with Crippen LogP contribution in [0, 0.1) is 5.92 Å². The van der Waals surface area contributed by atoms with Crippen LogP contribution < -0.4 is 0 Å². The summed E-state index contributed by atoms with van der Waals surface area (Å²) in [6.45, 7) is 8.34. The summed E-state index contributed by atoms with van der Waals surface area (Å²) in [7, 11) is 0. The molecule has 1 atom stereocenters. The molecule has 1 nitrogen and oxygen atoms in total. The average molecular weight is 253 g/mol. The lowest BCUT2D eigenvalue weighted by atomic mass is 9.83. The molecule has 0 amide bonds. The molecule has 0 aromatic rings. The third-order valence-electron chi connectivity index (χ3n) is 3.78. The Labute approximate surface area is 116 Å². The van der Waals surface area contributed by atoms with Gasteiger partial charge < -0.3 is 0 Å². The SMILES string of the molecule is C=C/C(=N\C(C)(C)C1C=CC=CC1)C1=CCCC=C1. The van der Waals surface area contributed by atoms with Gasteiger partial charge in [-0.3, -0.25) is 4.99 Å². The first kappa shape index (κ1) is 13.8. The van der Waals surface area contributed by atoms with Crippen molar-refractivity contribution in [1.29, 1.82) is 0 Å². The topological polar surface area (TPSA) is 12.4 Å². The zero-order valence-electron chi connectivity index (χ0n) is 12.0. The number of nitrogens with zero attached hydrogens (tertiary/aromatic N) is 1. The Morgan fingerprint density at radius 3 is 2.74 bits per heavy atom. The van der Waals surface area contributed by atoms with E-state index in [1.165, 1.54) is 5.57 Å². The minimum absolute atomic E-state index is 0.100. The van der Waals surface area contributed by atoms with E-state index in [1.807, 2.05) is 6.08 Å². The van der Waals surface area contributed by atoms with E-state index in [0.29, 0.717) is 5.92 Å². The number of rotatable bonds is 4. The van der Waals surface area contributed by atoms with Gasteiger partial charge in [0.15, 0.2) is 0 Å². The van der Waals surface area contributed by atoms with E-state index < -0.39 is 0 Å². The van der Waals surface area contributed by atoms with Gasteiger partial charge in [0.1, 0.15) is 0 Å². The molecule has 2 rings (SSSR count). The summed E-state index contributed by atoms with van der Waals surface area (Å²) in [5.74, 6) is 0.459. The summed E-state index contributed by atoms with van der Waals surface area (Å²) in [5.41, 5.74) is 2.13. The Hall–Kier alpha value is -1.63. The van der Waals surface area contributed by atoms with E-state index in [1.54, 1.807) is 0 Å². The Bertz CT molecular complexity index is 484. The van der Waals surface area contributed by atoms with Crippen LogP contribution in [0.5, 0.6) is 0 Å². The van der Waals surface area contributed by atoms with Gasteiger partial charge in [0.05, 0.1) is 11.3 Å². The second kappa shape index (κ2) is 6.01. The summed E-state index contributed by atoms with van der Waals surface area (Å²) in [6.07, 6.45) is 20.5. The van der Waals surface area contributed by atoms with Gasteiger partial charge in [-0.25, -0.2) is 0 Å². The number of aliphatic imine (C=N–C) groups is 1. The summed E-state index contributed by atoms with van der Waals surface area (Å²) >= 11 is 0. The van der Waals surface area contributed by atoms with E-state index in [0.717, 1.165) is 25.0 Å². The van der Waals surface area contributed by atoms with Crippen molar-refractivity contribution in [2.45, 2.75) is 38.6 Å². The molecule has 1 heteroatoms. The lowest BCUT2D eigenvalue weighted by Gasteiger charge is -2.30. The van der Waals surface area contributed by atoms with Crippen LogP contribution in [0.2, 0.25) is 0 Å². The second-order valence-corrected chi connectivity index (χ2v) is 5.65. The molecule has 0 radical (unpaired) electrons. The van der Waals surface area contributed by atoms with Crippen LogP contribution in [0.3, 0.4) is 0 Å². The van der Waals surface area contributed by atoms with Crippen LogP contribution >= 0.6 is 0 Å². The van der Waals surface area contributed by atoms with Gasteiger partial charge in [-0.15, -0.1) is 0 Å². The van der Waals surface area contributed by atoms with Crippen LogP contribution in [0.4, 0.5) is 0 Å². The molecule has 0 aromatic carbocycles. The molecule has 0 N–H and O–H groups in total. The lowest BCUT2D eigenvalue weighted by molar-refractivity contribution is 0.387. The molecule has 2 aliphatic rings. The minimum Gasteiger partial charge on any atom is -0.278 e. The van der Waals surface area contributed by atoms with Crippen molar-refractivity contribution in [2.75, 3.05) is 0 Å². The maximum absolute atomic E-state index is 4.97. The van der Waals surface area contributed by atoms with Crippen molar-refractivity contribution in [3.8, 4) is 0 Å². The highest BCUT2D eigenvalue weighted by atomic mass is 14.9. The molecule has 0 heterocycles. The standard InChI is InChI=1S/C18H23N/c1-4-17(15-11-7-5-8-12-15)19-18(2,3)16-13-9-6-10-14-16/h4,6-7,9-13,16H,1,5,8,14H2,2-3H3/b19-17+. The molecule has 0 spiro atoms. The highest BCUT2D eigenvalue weighted by Crippen LogP contribution is 2.29. The number of hydrogen-bond acceptors (Lipinski definition) is 1. The molecule has 0 saturated carbocycles. The molecule has 0 saturated heterocycles. The zero-order valence-corrected chi connectivity index (χ0v) is 12.0. The van der Waals surface area contributed by atoms with Crippen molar-refractivity contribution < 1.29 is 0 Å². The Balaban J connectivity index is 2.23. The first-order chi connectivity index (χ1) is 9.13. The van der Waals surface area contributed by atoms with Crippen LogP contribution in [0.1, 0.15) is 33.1 Å². The highest BCUT2D eigenvalue weighted by molar-refractivity contribution is 6.10. The molecule has 1 unspecified atom stereocenters. The molecule has 100 valence electrons. The quantitative estimate of drug-likeness (QED) is 0.638. The zero-order chi connectivity index (χ0) is 13.7. The van der Waals surface area contributed by atoms with Gasteiger partial charge in [0.25, 0.3) is 0 Å². The van der Waals surface area contributed by atoms with Crippen molar-refractivity contribution in [2.24, 2.45) is 10.9 Å². The van der Waals surface area contributed by atoms with Gasteiger partial charge >= 0.3 is 0 Å². The van der Waals surface area contributed by atoms with Crippen LogP contribution in [0.15, 0.2) is 65.8 Å².